The van der Waals surface area contributed by atoms with Crippen LogP contribution >= 0.6 is 11.3 Å². The Hall–Kier alpha value is -1.55. The molecule has 0 saturated heterocycles. The van der Waals surface area contributed by atoms with Crippen LogP contribution in [0.4, 0.5) is 5.82 Å². The fourth-order valence-electron chi connectivity index (χ4n) is 1.77. The summed E-state index contributed by atoms with van der Waals surface area (Å²) in [5.41, 5.74) is 6.84. The predicted molar refractivity (Wildman–Crippen MR) is 60.0 cm³/mol. The van der Waals surface area contributed by atoms with Crippen molar-refractivity contribution in [1.29, 1.82) is 0 Å². The lowest BCUT2D eigenvalue weighted by atomic mass is 10.1. The van der Waals surface area contributed by atoms with Crippen molar-refractivity contribution in [1.82, 2.24) is 4.98 Å². The van der Waals surface area contributed by atoms with Crippen molar-refractivity contribution in [3.05, 3.63) is 40.2 Å². The molecule has 1 aromatic carbocycles. The second kappa shape index (κ2) is 3.24. The molecule has 1 aliphatic heterocycles. The Balaban J connectivity index is 1.90. The van der Waals surface area contributed by atoms with E-state index in [9.17, 15) is 0 Å². The summed E-state index contributed by atoms with van der Waals surface area (Å²) < 4.78 is 5.80. The van der Waals surface area contributed by atoms with Crippen LogP contribution in [0.2, 0.25) is 0 Å². The SMILES string of the molecule is Nc1csc(C2Cc3ccccc3O2)n1. The molecule has 1 aromatic heterocycles. The Morgan fingerprint density at radius 3 is 3.00 bits per heavy atom. The second-order valence-electron chi connectivity index (χ2n) is 3.53. The molecule has 0 bridgehead atoms. The van der Waals surface area contributed by atoms with Gasteiger partial charge in [-0.15, -0.1) is 11.3 Å². The maximum Gasteiger partial charge on any atom is 0.154 e. The van der Waals surface area contributed by atoms with Gasteiger partial charge in [0.2, 0.25) is 0 Å². The van der Waals surface area contributed by atoms with Crippen LogP contribution in [0.1, 0.15) is 16.7 Å². The van der Waals surface area contributed by atoms with Crippen LogP contribution in [0.3, 0.4) is 0 Å². The van der Waals surface area contributed by atoms with Gasteiger partial charge in [-0.1, -0.05) is 18.2 Å². The van der Waals surface area contributed by atoms with Gasteiger partial charge in [0, 0.05) is 11.8 Å². The van der Waals surface area contributed by atoms with E-state index < -0.39 is 0 Å². The first-order valence-electron chi connectivity index (χ1n) is 4.78. The molecule has 4 heteroatoms. The maximum absolute atomic E-state index is 5.80. The molecule has 1 atom stereocenters. The Bertz CT molecular complexity index is 470. The number of rotatable bonds is 1. The average Bonchev–Trinajstić information content (AvgIpc) is 2.82. The van der Waals surface area contributed by atoms with E-state index in [-0.39, 0.29) is 6.10 Å². The smallest absolute Gasteiger partial charge is 0.154 e. The van der Waals surface area contributed by atoms with Gasteiger partial charge < -0.3 is 10.5 Å². The van der Waals surface area contributed by atoms with E-state index in [1.54, 1.807) is 11.3 Å². The summed E-state index contributed by atoms with van der Waals surface area (Å²) in [5.74, 6) is 1.55. The molecule has 1 aliphatic rings. The van der Waals surface area contributed by atoms with Gasteiger partial charge in [-0.3, -0.25) is 0 Å². The minimum Gasteiger partial charge on any atom is -0.483 e. The van der Waals surface area contributed by atoms with Crippen LogP contribution in [-0.2, 0) is 6.42 Å². The van der Waals surface area contributed by atoms with Crippen molar-refractivity contribution in [2.75, 3.05) is 5.73 Å². The van der Waals surface area contributed by atoms with Crippen LogP contribution in [0.15, 0.2) is 29.6 Å². The number of nitrogens with two attached hydrogens (primary N) is 1. The lowest BCUT2D eigenvalue weighted by Gasteiger charge is -2.05. The Kier molecular flexibility index (Phi) is 1.89. The van der Waals surface area contributed by atoms with Crippen molar-refractivity contribution >= 4 is 17.2 Å². The fourth-order valence-corrected chi connectivity index (χ4v) is 2.50. The number of nitrogen functional groups attached to an aromatic ring is 1. The molecule has 2 aromatic rings. The summed E-state index contributed by atoms with van der Waals surface area (Å²) in [5, 5.41) is 2.81. The number of nitrogens with zero attached hydrogens (tertiary/aromatic N) is 1. The highest BCUT2D eigenvalue weighted by Crippen LogP contribution is 2.37. The summed E-state index contributed by atoms with van der Waals surface area (Å²) in [7, 11) is 0. The third kappa shape index (κ3) is 1.47. The highest BCUT2D eigenvalue weighted by Gasteiger charge is 2.25. The number of ether oxygens (including phenoxy) is 1. The first kappa shape index (κ1) is 8.73. The van der Waals surface area contributed by atoms with Crippen molar-refractivity contribution in [2.45, 2.75) is 12.5 Å². The van der Waals surface area contributed by atoms with E-state index in [0.717, 1.165) is 17.2 Å². The van der Waals surface area contributed by atoms with Gasteiger partial charge in [-0.2, -0.15) is 0 Å². The number of para-hydroxylation sites is 1. The van der Waals surface area contributed by atoms with Crippen LogP contribution in [0.25, 0.3) is 0 Å². The van der Waals surface area contributed by atoms with Gasteiger partial charge >= 0.3 is 0 Å². The first-order valence-corrected chi connectivity index (χ1v) is 5.66. The van der Waals surface area contributed by atoms with Gasteiger partial charge in [-0.05, 0) is 11.6 Å². The Morgan fingerprint density at radius 2 is 2.27 bits per heavy atom. The van der Waals surface area contributed by atoms with Gasteiger partial charge in [0.05, 0.1) is 0 Å². The van der Waals surface area contributed by atoms with E-state index >= 15 is 0 Å². The molecule has 2 N–H and O–H groups in total. The van der Waals surface area contributed by atoms with Crippen molar-refractivity contribution in [2.24, 2.45) is 0 Å². The van der Waals surface area contributed by atoms with Crippen molar-refractivity contribution in [3.63, 3.8) is 0 Å². The molecular weight excluding hydrogens is 208 g/mol. The zero-order valence-electron chi connectivity index (χ0n) is 8.01. The number of fused-ring (bicyclic) bond motifs is 1. The van der Waals surface area contributed by atoms with E-state index in [0.29, 0.717) is 5.82 Å². The normalized spacial score (nSPS) is 18.5. The molecule has 0 fully saturated rings. The third-order valence-electron chi connectivity index (χ3n) is 2.46. The average molecular weight is 218 g/mol. The molecule has 15 heavy (non-hydrogen) atoms. The monoisotopic (exact) mass is 218 g/mol. The second-order valence-corrected chi connectivity index (χ2v) is 4.42. The number of aromatic nitrogens is 1. The summed E-state index contributed by atoms with van der Waals surface area (Å²) >= 11 is 1.56. The van der Waals surface area contributed by atoms with Crippen LogP contribution in [0.5, 0.6) is 5.75 Å². The maximum atomic E-state index is 5.80. The van der Waals surface area contributed by atoms with Crippen LogP contribution in [-0.4, -0.2) is 4.98 Å². The molecule has 2 heterocycles. The zero-order valence-corrected chi connectivity index (χ0v) is 8.83. The number of benzene rings is 1. The first-order chi connectivity index (χ1) is 7.33. The van der Waals surface area contributed by atoms with E-state index in [1.165, 1.54) is 5.56 Å². The minimum absolute atomic E-state index is 0.0460. The van der Waals surface area contributed by atoms with Crippen molar-refractivity contribution in [3.8, 4) is 5.75 Å². The summed E-state index contributed by atoms with van der Waals surface area (Å²) in [4.78, 5) is 4.25. The lowest BCUT2D eigenvalue weighted by molar-refractivity contribution is 0.238. The van der Waals surface area contributed by atoms with E-state index in [2.05, 4.69) is 11.1 Å². The number of thiazole rings is 1. The van der Waals surface area contributed by atoms with Crippen LogP contribution < -0.4 is 10.5 Å². The molecule has 3 nitrogen and oxygen atoms in total. The standard InChI is InChI=1S/C11H10N2OS/c12-10-6-15-11(13-10)9-5-7-3-1-2-4-8(7)14-9/h1-4,6,9H,5,12H2. The number of hydrogen-bond donors (Lipinski definition) is 1. The molecular formula is C11H10N2OS. The number of anilines is 1. The van der Waals surface area contributed by atoms with E-state index in [4.69, 9.17) is 10.5 Å². The van der Waals surface area contributed by atoms with Gasteiger partial charge in [0.15, 0.2) is 6.10 Å². The summed E-state index contributed by atoms with van der Waals surface area (Å²) in [6.07, 6.45) is 0.938. The number of hydrogen-bond acceptors (Lipinski definition) is 4. The lowest BCUT2D eigenvalue weighted by Crippen LogP contribution is -2.02. The third-order valence-corrected chi connectivity index (χ3v) is 3.42. The van der Waals surface area contributed by atoms with Crippen LogP contribution in [0, 0.1) is 0 Å². The summed E-state index contributed by atoms with van der Waals surface area (Å²) in [6.45, 7) is 0. The van der Waals surface area contributed by atoms with Gasteiger partial charge in [0.25, 0.3) is 0 Å². The zero-order chi connectivity index (χ0) is 10.3. The molecule has 1 unspecified atom stereocenters. The molecule has 0 saturated carbocycles. The summed E-state index contributed by atoms with van der Waals surface area (Å²) in [6, 6.07) is 8.09. The molecule has 0 aliphatic carbocycles. The topological polar surface area (TPSA) is 48.1 Å². The Labute approximate surface area is 91.5 Å². The molecule has 0 radical (unpaired) electrons. The van der Waals surface area contributed by atoms with Crippen molar-refractivity contribution < 1.29 is 4.74 Å². The molecule has 3 rings (SSSR count). The van der Waals surface area contributed by atoms with E-state index in [1.807, 2.05) is 23.6 Å². The minimum atomic E-state index is 0.0460. The highest BCUT2D eigenvalue weighted by molar-refractivity contribution is 7.10. The predicted octanol–water partition coefficient (Wildman–Crippen LogP) is 2.40. The largest absolute Gasteiger partial charge is 0.483 e. The highest BCUT2D eigenvalue weighted by atomic mass is 32.1. The molecule has 0 spiro atoms. The molecule has 76 valence electrons. The Morgan fingerprint density at radius 1 is 1.40 bits per heavy atom. The van der Waals surface area contributed by atoms with Gasteiger partial charge in [0.1, 0.15) is 16.6 Å². The quantitative estimate of drug-likeness (QED) is 0.799. The van der Waals surface area contributed by atoms with Gasteiger partial charge in [-0.25, -0.2) is 4.98 Å². The molecule has 0 amide bonds. The fraction of sp³-hybridized carbons (Fsp3) is 0.182.